The van der Waals surface area contributed by atoms with E-state index in [0.29, 0.717) is 5.56 Å². The maximum atomic E-state index is 12.4. The third-order valence-electron chi connectivity index (χ3n) is 4.09. The molecule has 0 aliphatic rings. The molecule has 0 radical (unpaired) electrons. The lowest BCUT2D eigenvalue weighted by Crippen LogP contribution is -2.47. The summed E-state index contributed by atoms with van der Waals surface area (Å²) in [4.78, 5) is 48.7. The van der Waals surface area contributed by atoms with E-state index in [2.05, 4.69) is 32.1 Å². The van der Waals surface area contributed by atoms with Gasteiger partial charge in [-0.25, -0.2) is 4.79 Å². The van der Waals surface area contributed by atoms with Gasteiger partial charge in [0.25, 0.3) is 17.7 Å². The molecular formula is C21H21BrClN3O5. The fourth-order valence-electron chi connectivity index (χ4n) is 2.42. The smallest absolute Gasteiger partial charge is 0.329 e. The van der Waals surface area contributed by atoms with Crippen LogP contribution in [0.4, 0.5) is 0 Å². The van der Waals surface area contributed by atoms with Gasteiger partial charge in [-0.15, -0.1) is 0 Å². The third kappa shape index (κ3) is 7.37. The van der Waals surface area contributed by atoms with Gasteiger partial charge < -0.3 is 10.1 Å². The number of carbonyl (C=O) groups excluding carboxylic acids is 4. The van der Waals surface area contributed by atoms with Gasteiger partial charge in [-0.3, -0.25) is 25.2 Å². The van der Waals surface area contributed by atoms with Crippen molar-refractivity contribution in [3.05, 3.63) is 69.2 Å². The Kier molecular flexibility index (Phi) is 9.02. The SMILES string of the molecule is CC(C)[C@H](NC(=O)c1ccccc1Cl)C(=O)OCC(=O)NNC(=O)c1ccc(Br)cc1. The number of ether oxygens (including phenoxy) is 1. The van der Waals surface area contributed by atoms with Gasteiger partial charge in [0, 0.05) is 10.0 Å². The predicted molar refractivity (Wildman–Crippen MR) is 118 cm³/mol. The number of rotatable bonds is 7. The summed E-state index contributed by atoms with van der Waals surface area (Å²) in [5.74, 6) is -2.89. The van der Waals surface area contributed by atoms with Gasteiger partial charge in [-0.2, -0.15) is 0 Å². The molecule has 0 saturated heterocycles. The number of halogens is 2. The van der Waals surface area contributed by atoms with Crippen molar-refractivity contribution in [3.8, 4) is 0 Å². The maximum absolute atomic E-state index is 12.4. The highest BCUT2D eigenvalue weighted by Crippen LogP contribution is 2.16. The fourth-order valence-corrected chi connectivity index (χ4v) is 2.91. The molecule has 0 unspecified atom stereocenters. The second-order valence-corrected chi connectivity index (χ2v) is 8.11. The van der Waals surface area contributed by atoms with Gasteiger partial charge in [-0.05, 0) is 42.3 Å². The molecular weight excluding hydrogens is 490 g/mol. The number of benzene rings is 2. The number of hydrazine groups is 1. The first-order valence-electron chi connectivity index (χ1n) is 9.25. The van der Waals surface area contributed by atoms with Crippen molar-refractivity contribution in [1.82, 2.24) is 16.2 Å². The lowest BCUT2D eigenvalue weighted by atomic mass is 10.0. The van der Waals surface area contributed by atoms with Gasteiger partial charge >= 0.3 is 5.97 Å². The molecule has 10 heteroatoms. The number of amides is 3. The molecule has 0 heterocycles. The first kappa shape index (κ1) is 24.4. The van der Waals surface area contributed by atoms with Crippen LogP contribution in [-0.4, -0.2) is 36.3 Å². The third-order valence-corrected chi connectivity index (χ3v) is 4.95. The molecule has 31 heavy (non-hydrogen) atoms. The molecule has 1 atom stereocenters. The van der Waals surface area contributed by atoms with Crippen LogP contribution in [0.25, 0.3) is 0 Å². The van der Waals surface area contributed by atoms with E-state index < -0.39 is 36.3 Å². The van der Waals surface area contributed by atoms with Crippen LogP contribution >= 0.6 is 27.5 Å². The average molecular weight is 511 g/mol. The molecule has 8 nitrogen and oxygen atoms in total. The molecule has 0 aliphatic heterocycles. The van der Waals surface area contributed by atoms with Crippen LogP contribution in [-0.2, 0) is 14.3 Å². The van der Waals surface area contributed by atoms with Crippen molar-refractivity contribution in [3.63, 3.8) is 0 Å². The molecule has 2 aromatic carbocycles. The van der Waals surface area contributed by atoms with E-state index in [1.807, 2.05) is 0 Å². The van der Waals surface area contributed by atoms with Crippen LogP contribution in [0.5, 0.6) is 0 Å². The number of hydrogen-bond acceptors (Lipinski definition) is 5. The number of hydrogen-bond donors (Lipinski definition) is 3. The zero-order valence-corrected chi connectivity index (χ0v) is 19.1. The summed E-state index contributed by atoms with van der Waals surface area (Å²) in [6, 6.07) is 11.9. The molecule has 2 rings (SSSR count). The molecule has 0 bridgehead atoms. The highest BCUT2D eigenvalue weighted by molar-refractivity contribution is 9.10. The van der Waals surface area contributed by atoms with Crippen LogP contribution in [0.2, 0.25) is 5.02 Å². The maximum Gasteiger partial charge on any atom is 0.329 e. The summed E-state index contributed by atoms with van der Waals surface area (Å²) in [6.45, 7) is 2.80. The van der Waals surface area contributed by atoms with E-state index in [1.54, 1.807) is 56.3 Å². The molecule has 0 aliphatic carbocycles. The van der Waals surface area contributed by atoms with Gasteiger partial charge in [-0.1, -0.05) is 53.5 Å². The second kappa shape index (κ2) is 11.5. The molecule has 3 N–H and O–H groups in total. The zero-order chi connectivity index (χ0) is 23.0. The molecule has 0 saturated carbocycles. The zero-order valence-electron chi connectivity index (χ0n) is 16.8. The van der Waals surface area contributed by atoms with E-state index in [0.717, 1.165) is 4.47 Å². The van der Waals surface area contributed by atoms with Gasteiger partial charge in [0.05, 0.1) is 10.6 Å². The van der Waals surface area contributed by atoms with Crippen molar-refractivity contribution in [1.29, 1.82) is 0 Å². The molecule has 3 amide bonds. The van der Waals surface area contributed by atoms with Crippen LogP contribution in [0.3, 0.4) is 0 Å². The molecule has 0 fully saturated rings. The van der Waals surface area contributed by atoms with Gasteiger partial charge in [0.2, 0.25) is 0 Å². The Morgan fingerprint density at radius 3 is 2.23 bits per heavy atom. The highest BCUT2D eigenvalue weighted by Gasteiger charge is 2.27. The number of carbonyl (C=O) groups is 4. The van der Waals surface area contributed by atoms with Crippen molar-refractivity contribution >= 4 is 51.2 Å². The fraction of sp³-hybridized carbons (Fsp3) is 0.238. The first-order valence-corrected chi connectivity index (χ1v) is 10.4. The van der Waals surface area contributed by atoms with Crippen molar-refractivity contribution in [2.24, 2.45) is 5.92 Å². The largest absolute Gasteiger partial charge is 0.454 e. The highest BCUT2D eigenvalue weighted by atomic mass is 79.9. The summed E-state index contributed by atoms with van der Waals surface area (Å²) in [6.07, 6.45) is 0. The second-order valence-electron chi connectivity index (χ2n) is 6.79. The average Bonchev–Trinajstić information content (AvgIpc) is 2.74. The van der Waals surface area contributed by atoms with E-state index >= 15 is 0 Å². The van der Waals surface area contributed by atoms with Crippen molar-refractivity contribution < 1.29 is 23.9 Å². The summed E-state index contributed by atoms with van der Waals surface area (Å²) >= 11 is 9.27. The number of esters is 1. The monoisotopic (exact) mass is 509 g/mol. The van der Waals surface area contributed by atoms with Gasteiger partial charge in [0.1, 0.15) is 6.04 Å². The summed E-state index contributed by atoms with van der Waals surface area (Å²) in [7, 11) is 0. The molecule has 2 aromatic rings. The minimum absolute atomic E-state index is 0.219. The van der Waals surface area contributed by atoms with E-state index in [9.17, 15) is 19.2 Å². The summed E-state index contributed by atoms with van der Waals surface area (Å²) in [5.41, 5.74) is 4.94. The Hall–Kier alpha value is -2.91. The van der Waals surface area contributed by atoms with E-state index in [4.69, 9.17) is 16.3 Å². The molecule has 0 aromatic heterocycles. The first-order chi connectivity index (χ1) is 14.7. The molecule has 0 spiro atoms. The predicted octanol–water partition coefficient (Wildman–Crippen LogP) is 2.86. The van der Waals surface area contributed by atoms with Crippen LogP contribution in [0, 0.1) is 5.92 Å². The molecule has 164 valence electrons. The van der Waals surface area contributed by atoms with Crippen LogP contribution in [0.1, 0.15) is 34.6 Å². The Balaban J connectivity index is 1.86. The Morgan fingerprint density at radius 2 is 1.61 bits per heavy atom. The van der Waals surface area contributed by atoms with Crippen molar-refractivity contribution in [2.75, 3.05) is 6.61 Å². The Morgan fingerprint density at radius 1 is 0.968 bits per heavy atom. The Labute approximate surface area is 192 Å². The topological polar surface area (TPSA) is 114 Å². The Bertz CT molecular complexity index is 966. The standard InChI is InChI=1S/C21H21BrClN3O5/c1-12(2)18(24-20(29)15-5-3-4-6-16(15)23)21(30)31-11-17(27)25-26-19(28)13-7-9-14(22)10-8-13/h3-10,12,18H,11H2,1-2H3,(H,24,29)(H,25,27)(H,26,28)/t18-/m0/s1. The number of nitrogens with one attached hydrogen (secondary N) is 3. The van der Waals surface area contributed by atoms with E-state index in [1.165, 1.54) is 6.07 Å². The quantitative estimate of drug-likeness (QED) is 0.392. The van der Waals surface area contributed by atoms with Crippen molar-refractivity contribution in [2.45, 2.75) is 19.9 Å². The van der Waals surface area contributed by atoms with Gasteiger partial charge in [0.15, 0.2) is 6.61 Å². The summed E-state index contributed by atoms with van der Waals surface area (Å²) in [5, 5.41) is 2.82. The van der Waals surface area contributed by atoms with E-state index in [-0.39, 0.29) is 16.5 Å². The lowest BCUT2D eigenvalue weighted by molar-refractivity contribution is -0.151. The lowest BCUT2D eigenvalue weighted by Gasteiger charge is -2.21. The van der Waals surface area contributed by atoms with Crippen LogP contribution in [0.15, 0.2) is 53.0 Å². The summed E-state index contributed by atoms with van der Waals surface area (Å²) < 4.78 is 5.80. The minimum Gasteiger partial charge on any atom is -0.454 e. The van der Waals surface area contributed by atoms with Crippen LogP contribution < -0.4 is 16.2 Å². The normalized spacial score (nSPS) is 11.4. The minimum atomic E-state index is -0.992.